The Kier molecular flexibility index (Phi) is 18.8. The van der Waals surface area contributed by atoms with Crippen LogP contribution in [-0.2, 0) is 9.59 Å². The molecular formula is C44H60N2O6. The Morgan fingerprint density at radius 2 is 0.846 bits per heavy atom. The summed E-state index contributed by atoms with van der Waals surface area (Å²) in [6.45, 7) is 12.1. The lowest BCUT2D eigenvalue weighted by Gasteiger charge is -2.15. The Labute approximate surface area is 312 Å². The molecule has 0 N–H and O–H groups in total. The number of carbonyl (C=O) groups excluding carboxylic acids is 2. The lowest BCUT2D eigenvalue weighted by Crippen LogP contribution is -2.21. The summed E-state index contributed by atoms with van der Waals surface area (Å²) in [5.74, 6) is 2.12. The topological polar surface area (TPSA) is 119 Å². The van der Waals surface area contributed by atoms with Crippen LogP contribution in [0.15, 0.2) is 47.5 Å². The van der Waals surface area contributed by atoms with Gasteiger partial charge < -0.3 is 18.9 Å². The van der Waals surface area contributed by atoms with Crippen molar-refractivity contribution in [2.75, 3.05) is 27.4 Å². The van der Waals surface area contributed by atoms with E-state index in [2.05, 4.69) is 0 Å². The standard InChI is InChI=1S/C44H60N2O6/c1-43(2,3)41(47)35(31-45)27-33-21-23-37(39(29-33)49-7)51-25-19-17-15-13-11-9-10-12-14-16-18-20-26-52-38-24-22-34(30-40(38)50-8)28-36(32-46)42(48)44(4,5)6/h21-24,27-30H,9-20,25-26H2,1-8H3. The molecule has 0 spiro atoms. The van der Waals surface area contributed by atoms with Crippen LogP contribution in [0.5, 0.6) is 23.0 Å². The Bertz CT molecular complexity index is 1470. The van der Waals surface area contributed by atoms with Gasteiger partial charge in [0.1, 0.15) is 12.1 Å². The highest BCUT2D eigenvalue weighted by Crippen LogP contribution is 2.32. The summed E-state index contributed by atoms with van der Waals surface area (Å²) in [6, 6.07) is 15.0. The van der Waals surface area contributed by atoms with Crippen molar-refractivity contribution in [3.63, 3.8) is 0 Å². The largest absolute Gasteiger partial charge is 0.493 e. The summed E-state index contributed by atoms with van der Waals surface area (Å²) in [6.07, 6.45) is 17.4. The van der Waals surface area contributed by atoms with E-state index in [9.17, 15) is 20.1 Å². The van der Waals surface area contributed by atoms with Crippen LogP contribution >= 0.6 is 0 Å². The van der Waals surface area contributed by atoms with Crippen LogP contribution in [0.4, 0.5) is 0 Å². The number of benzene rings is 2. The summed E-state index contributed by atoms with van der Waals surface area (Å²) in [5.41, 5.74) is 0.461. The van der Waals surface area contributed by atoms with Crippen LogP contribution in [0.3, 0.4) is 0 Å². The number of carbonyl (C=O) groups is 2. The summed E-state index contributed by atoms with van der Waals surface area (Å²) < 4.78 is 23.0. The molecule has 0 aromatic heterocycles. The molecule has 2 aromatic carbocycles. The zero-order chi connectivity index (χ0) is 38.6. The fourth-order valence-corrected chi connectivity index (χ4v) is 5.56. The predicted octanol–water partition coefficient (Wildman–Crippen LogP) is 10.9. The minimum absolute atomic E-state index is 0.127. The number of ketones is 2. The molecule has 0 aliphatic rings. The molecule has 0 fully saturated rings. The molecule has 0 heterocycles. The molecular weight excluding hydrogens is 652 g/mol. The molecule has 2 rings (SSSR count). The highest BCUT2D eigenvalue weighted by Gasteiger charge is 2.26. The fourth-order valence-electron chi connectivity index (χ4n) is 5.56. The first-order valence-electron chi connectivity index (χ1n) is 18.7. The van der Waals surface area contributed by atoms with Gasteiger partial charge in [-0.2, -0.15) is 10.5 Å². The van der Waals surface area contributed by atoms with Gasteiger partial charge in [0, 0.05) is 10.8 Å². The Balaban J connectivity index is 1.56. The molecule has 0 radical (unpaired) electrons. The van der Waals surface area contributed by atoms with E-state index >= 15 is 0 Å². The number of hydrogen-bond acceptors (Lipinski definition) is 8. The van der Waals surface area contributed by atoms with Gasteiger partial charge in [-0.1, -0.05) is 118 Å². The Morgan fingerprint density at radius 3 is 1.12 bits per heavy atom. The molecule has 8 nitrogen and oxygen atoms in total. The molecule has 0 saturated carbocycles. The number of ether oxygens (including phenoxy) is 4. The number of hydrogen-bond donors (Lipinski definition) is 0. The van der Waals surface area contributed by atoms with Gasteiger partial charge in [-0.05, 0) is 60.4 Å². The minimum Gasteiger partial charge on any atom is -0.493 e. The fraction of sp³-hybridized carbons (Fsp3) is 0.545. The zero-order valence-electron chi connectivity index (χ0n) is 32.9. The second-order valence-corrected chi connectivity index (χ2v) is 15.3. The van der Waals surface area contributed by atoms with Crippen LogP contribution in [0.1, 0.15) is 130 Å². The molecule has 0 amide bonds. The van der Waals surface area contributed by atoms with E-state index in [-0.39, 0.29) is 22.7 Å². The van der Waals surface area contributed by atoms with Gasteiger partial charge >= 0.3 is 0 Å². The predicted molar refractivity (Wildman–Crippen MR) is 208 cm³/mol. The average Bonchev–Trinajstić information content (AvgIpc) is 3.11. The van der Waals surface area contributed by atoms with Crippen molar-refractivity contribution in [3.05, 3.63) is 58.7 Å². The Hall–Kier alpha value is -4.56. The lowest BCUT2D eigenvalue weighted by molar-refractivity contribution is -0.122. The molecule has 282 valence electrons. The van der Waals surface area contributed by atoms with Gasteiger partial charge in [-0.3, -0.25) is 9.59 Å². The van der Waals surface area contributed by atoms with Crippen LogP contribution < -0.4 is 18.9 Å². The highest BCUT2D eigenvalue weighted by atomic mass is 16.5. The van der Waals surface area contributed by atoms with Crippen molar-refractivity contribution in [2.45, 2.75) is 119 Å². The number of allylic oxidation sites excluding steroid dienone is 2. The van der Waals surface area contributed by atoms with E-state index in [0.29, 0.717) is 36.2 Å². The van der Waals surface area contributed by atoms with Crippen LogP contribution in [0, 0.1) is 33.5 Å². The summed E-state index contributed by atoms with van der Waals surface area (Å²) in [7, 11) is 3.18. The molecule has 0 bridgehead atoms. The maximum absolute atomic E-state index is 12.5. The molecule has 0 saturated heterocycles. The average molecular weight is 713 g/mol. The maximum Gasteiger partial charge on any atom is 0.178 e. The highest BCUT2D eigenvalue weighted by molar-refractivity contribution is 6.06. The van der Waals surface area contributed by atoms with Crippen molar-refractivity contribution in [1.82, 2.24) is 0 Å². The smallest absolute Gasteiger partial charge is 0.178 e. The van der Waals surface area contributed by atoms with Gasteiger partial charge in [-0.25, -0.2) is 0 Å². The summed E-state index contributed by atoms with van der Waals surface area (Å²) in [4.78, 5) is 25.1. The van der Waals surface area contributed by atoms with Crippen LogP contribution in [0.2, 0.25) is 0 Å². The van der Waals surface area contributed by atoms with Crippen molar-refractivity contribution in [2.24, 2.45) is 10.8 Å². The maximum atomic E-state index is 12.5. The molecule has 8 heteroatoms. The van der Waals surface area contributed by atoms with Crippen molar-refractivity contribution in [1.29, 1.82) is 10.5 Å². The first-order chi connectivity index (χ1) is 24.7. The molecule has 0 aliphatic carbocycles. The van der Waals surface area contributed by atoms with Gasteiger partial charge in [0.2, 0.25) is 0 Å². The Morgan fingerprint density at radius 1 is 0.538 bits per heavy atom. The number of nitriles is 2. The molecule has 0 atom stereocenters. The third kappa shape index (κ3) is 15.4. The van der Waals surface area contributed by atoms with E-state index in [1.165, 1.54) is 51.4 Å². The molecule has 52 heavy (non-hydrogen) atoms. The van der Waals surface area contributed by atoms with E-state index in [1.54, 1.807) is 80.0 Å². The molecule has 2 aromatic rings. The van der Waals surface area contributed by atoms with Crippen molar-refractivity contribution < 1.29 is 28.5 Å². The van der Waals surface area contributed by atoms with Gasteiger partial charge in [-0.15, -0.1) is 0 Å². The first-order valence-corrected chi connectivity index (χ1v) is 18.7. The van der Waals surface area contributed by atoms with Gasteiger partial charge in [0.05, 0.1) is 38.6 Å². The minimum atomic E-state index is -0.622. The van der Waals surface area contributed by atoms with Gasteiger partial charge in [0.25, 0.3) is 0 Å². The number of rotatable bonds is 23. The number of Topliss-reactive ketones (excluding diaryl/α,β-unsaturated/α-hetero) is 2. The first kappa shape index (κ1) is 43.6. The second kappa shape index (κ2) is 22.4. The number of unbranched alkanes of at least 4 members (excludes halogenated alkanes) is 11. The third-order valence-electron chi connectivity index (χ3n) is 8.64. The van der Waals surface area contributed by atoms with Gasteiger partial charge in [0.15, 0.2) is 34.6 Å². The van der Waals surface area contributed by atoms with E-state index in [1.807, 2.05) is 36.4 Å². The second-order valence-electron chi connectivity index (χ2n) is 15.3. The number of methoxy groups -OCH3 is 2. The molecule has 0 aliphatic heterocycles. The van der Waals surface area contributed by atoms with Crippen molar-refractivity contribution >= 4 is 23.7 Å². The normalized spacial score (nSPS) is 12.1. The summed E-state index contributed by atoms with van der Waals surface area (Å²) in [5, 5.41) is 19.0. The number of nitrogens with zero attached hydrogens (tertiary/aromatic N) is 2. The quantitative estimate of drug-likeness (QED) is 0.0634. The van der Waals surface area contributed by atoms with E-state index in [0.717, 1.165) is 36.8 Å². The summed E-state index contributed by atoms with van der Waals surface area (Å²) >= 11 is 0. The van der Waals surface area contributed by atoms with E-state index in [4.69, 9.17) is 18.9 Å². The SMILES string of the molecule is COc1cc(C=C(C#N)C(=O)C(C)(C)C)ccc1OCCCCCCCCCCCCCCOc1ccc(C=C(C#N)C(=O)C(C)(C)C)cc1OC. The van der Waals surface area contributed by atoms with Crippen molar-refractivity contribution in [3.8, 4) is 35.1 Å². The zero-order valence-corrected chi connectivity index (χ0v) is 32.9. The monoisotopic (exact) mass is 712 g/mol. The third-order valence-corrected chi connectivity index (χ3v) is 8.64. The van der Waals surface area contributed by atoms with E-state index < -0.39 is 10.8 Å². The van der Waals surface area contributed by atoms with Crippen LogP contribution in [0.25, 0.3) is 12.2 Å². The molecule has 0 unspecified atom stereocenters. The lowest BCUT2D eigenvalue weighted by atomic mass is 9.86. The van der Waals surface area contributed by atoms with Crippen LogP contribution in [-0.4, -0.2) is 39.0 Å².